The van der Waals surface area contributed by atoms with Crippen molar-refractivity contribution in [2.45, 2.75) is 26.7 Å². The van der Waals surface area contributed by atoms with E-state index in [0.717, 1.165) is 16.5 Å². The van der Waals surface area contributed by atoms with Crippen LogP contribution in [0.2, 0.25) is 0 Å². The molecule has 0 radical (unpaired) electrons. The summed E-state index contributed by atoms with van der Waals surface area (Å²) in [5, 5.41) is 10.1. The fraction of sp³-hybridized carbons (Fsp3) is 0.357. The van der Waals surface area contributed by atoms with Gasteiger partial charge in [0.1, 0.15) is 5.69 Å². The van der Waals surface area contributed by atoms with Crippen LogP contribution in [0.25, 0.3) is 10.9 Å². The number of nitrogens with zero attached hydrogens (tertiary/aromatic N) is 1. The van der Waals surface area contributed by atoms with Gasteiger partial charge < -0.3 is 9.67 Å². The lowest BCUT2D eigenvalue weighted by Gasteiger charge is -2.09. The Kier molecular flexibility index (Phi) is 2.69. The summed E-state index contributed by atoms with van der Waals surface area (Å²) in [7, 11) is 1.80. The summed E-state index contributed by atoms with van der Waals surface area (Å²) in [6.45, 7) is 6.31. The fourth-order valence-corrected chi connectivity index (χ4v) is 2.31. The monoisotopic (exact) mass is 231 g/mol. The molecule has 3 nitrogen and oxygen atoms in total. The van der Waals surface area contributed by atoms with Crippen LogP contribution < -0.4 is 0 Å². The Labute approximate surface area is 101 Å². The van der Waals surface area contributed by atoms with Crippen LogP contribution in [0.15, 0.2) is 18.2 Å². The van der Waals surface area contributed by atoms with Crippen LogP contribution in [0.5, 0.6) is 0 Å². The molecule has 0 bridgehead atoms. The van der Waals surface area contributed by atoms with Crippen molar-refractivity contribution in [2.24, 2.45) is 7.05 Å². The lowest BCUT2D eigenvalue weighted by Crippen LogP contribution is -2.04. The van der Waals surface area contributed by atoms with E-state index in [9.17, 15) is 4.79 Å². The summed E-state index contributed by atoms with van der Waals surface area (Å²) in [6.07, 6.45) is 0. The van der Waals surface area contributed by atoms with Crippen molar-refractivity contribution >= 4 is 16.9 Å². The largest absolute Gasteiger partial charge is 0.477 e. The zero-order valence-corrected chi connectivity index (χ0v) is 10.6. The molecule has 1 heterocycles. The normalized spacial score (nSPS) is 11.4. The quantitative estimate of drug-likeness (QED) is 0.861. The third-order valence-corrected chi connectivity index (χ3v) is 3.23. The van der Waals surface area contributed by atoms with E-state index in [-0.39, 0.29) is 0 Å². The molecule has 0 saturated carbocycles. The number of aromatic nitrogens is 1. The average molecular weight is 231 g/mol. The third kappa shape index (κ3) is 1.82. The molecule has 0 amide bonds. The number of carboxylic acids is 1. The molecule has 0 saturated heterocycles. The molecule has 1 aromatic carbocycles. The predicted octanol–water partition coefficient (Wildman–Crippen LogP) is 3.31. The zero-order chi connectivity index (χ0) is 12.7. The van der Waals surface area contributed by atoms with E-state index in [1.54, 1.807) is 17.7 Å². The third-order valence-electron chi connectivity index (χ3n) is 3.23. The molecule has 17 heavy (non-hydrogen) atoms. The SMILES string of the molecule is Cc1cc(C(C)C)cc2cc(C(=O)O)n(C)c12. The molecule has 2 rings (SSSR count). The first kappa shape index (κ1) is 11.7. The Morgan fingerprint density at radius 2 is 1.94 bits per heavy atom. The van der Waals surface area contributed by atoms with E-state index in [1.807, 2.05) is 6.92 Å². The lowest BCUT2D eigenvalue weighted by atomic mass is 9.99. The lowest BCUT2D eigenvalue weighted by molar-refractivity contribution is 0.0687. The molecule has 0 aliphatic heterocycles. The number of fused-ring (bicyclic) bond motifs is 1. The minimum atomic E-state index is -0.880. The van der Waals surface area contributed by atoms with E-state index in [2.05, 4.69) is 26.0 Å². The number of aromatic carboxylic acids is 1. The number of carbonyl (C=O) groups is 1. The number of hydrogen-bond donors (Lipinski definition) is 1. The van der Waals surface area contributed by atoms with Crippen molar-refractivity contribution in [2.75, 3.05) is 0 Å². The van der Waals surface area contributed by atoms with Crippen molar-refractivity contribution in [1.82, 2.24) is 4.57 Å². The fourth-order valence-electron chi connectivity index (χ4n) is 2.31. The van der Waals surface area contributed by atoms with Gasteiger partial charge in [0, 0.05) is 12.4 Å². The highest BCUT2D eigenvalue weighted by atomic mass is 16.4. The number of carboxylic acid groups (broad SMARTS) is 1. The first-order chi connectivity index (χ1) is 7.91. The molecule has 3 heteroatoms. The van der Waals surface area contributed by atoms with Crippen LogP contribution >= 0.6 is 0 Å². The van der Waals surface area contributed by atoms with Gasteiger partial charge in [-0.05, 0) is 36.1 Å². The highest BCUT2D eigenvalue weighted by Crippen LogP contribution is 2.27. The minimum Gasteiger partial charge on any atom is -0.477 e. The Morgan fingerprint density at radius 1 is 1.29 bits per heavy atom. The highest BCUT2D eigenvalue weighted by Gasteiger charge is 2.14. The maximum Gasteiger partial charge on any atom is 0.352 e. The molecule has 2 aromatic rings. The molecular formula is C14H17NO2. The topological polar surface area (TPSA) is 42.2 Å². The summed E-state index contributed by atoms with van der Waals surface area (Å²) in [6, 6.07) is 5.97. The molecule has 0 fully saturated rings. The maximum atomic E-state index is 11.1. The summed E-state index contributed by atoms with van der Waals surface area (Å²) >= 11 is 0. The van der Waals surface area contributed by atoms with E-state index in [1.165, 1.54) is 5.56 Å². The molecule has 1 aromatic heterocycles. The first-order valence-corrected chi connectivity index (χ1v) is 5.75. The predicted molar refractivity (Wildman–Crippen MR) is 68.7 cm³/mol. The van der Waals surface area contributed by atoms with Crippen molar-refractivity contribution in [3.8, 4) is 0 Å². The van der Waals surface area contributed by atoms with Gasteiger partial charge in [-0.15, -0.1) is 0 Å². The van der Waals surface area contributed by atoms with Crippen LogP contribution in [0.4, 0.5) is 0 Å². The van der Waals surface area contributed by atoms with Gasteiger partial charge in [-0.2, -0.15) is 0 Å². The standard InChI is InChI=1S/C14H17NO2/c1-8(2)10-5-9(3)13-11(6-10)7-12(14(16)17)15(13)4/h5-8H,1-4H3,(H,16,17). The van der Waals surface area contributed by atoms with Crippen molar-refractivity contribution in [3.05, 3.63) is 35.0 Å². The summed E-state index contributed by atoms with van der Waals surface area (Å²) in [5.41, 5.74) is 3.72. The van der Waals surface area contributed by atoms with Crippen LogP contribution in [-0.4, -0.2) is 15.6 Å². The van der Waals surface area contributed by atoms with Crippen molar-refractivity contribution < 1.29 is 9.90 Å². The Morgan fingerprint density at radius 3 is 2.47 bits per heavy atom. The molecular weight excluding hydrogens is 214 g/mol. The van der Waals surface area contributed by atoms with Gasteiger partial charge in [0.05, 0.1) is 5.52 Å². The van der Waals surface area contributed by atoms with E-state index in [4.69, 9.17) is 5.11 Å². The average Bonchev–Trinajstić information content (AvgIpc) is 2.56. The number of benzene rings is 1. The number of aryl methyl sites for hydroxylation is 2. The molecule has 1 N–H and O–H groups in total. The van der Waals surface area contributed by atoms with E-state index in [0.29, 0.717) is 11.6 Å². The van der Waals surface area contributed by atoms with Gasteiger partial charge in [0.15, 0.2) is 0 Å². The molecule has 0 spiro atoms. The van der Waals surface area contributed by atoms with Gasteiger partial charge in [-0.1, -0.05) is 19.9 Å². The highest BCUT2D eigenvalue weighted by molar-refractivity contribution is 5.95. The smallest absolute Gasteiger partial charge is 0.352 e. The first-order valence-electron chi connectivity index (χ1n) is 5.75. The summed E-state index contributed by atoms with van der Waals surface area (Å²) < 4.78 is 1.75. The second kappa shape index (κ2) is 3.91. The summed E-state index contributed by atoms with van der Waals surface area (Å²) in [5.74, 6) is -0.430. The second-order valence-electron chi connectivity index (χ2n) is 4.82. The van der Waals surface area contributed by atoms with Gasteiger partial charge in [-0.3, -0.25) is 0 Å². The van der Waals surface area contributed by atoms with E-state index < -0.39 is 5.97 Å². The molecule has 90 valence electrons. The van der Waals surface area contributed by atoms with Crippen LogP contribution in [0, 0.1) is 6.92 Å². The Hall–Kier alpha value is -1.77. The summed E-state index contributed by atoms with van der Waals surface area (Å²) in [4.78, 5) is 11.1. The Bertz CT molecular complexity index is 594. The van der Waals surface area contributed by atoms with Gasteiger partial charge in [0.2, 0.25) is 0 Å². The van der Waals surface area contributed by atoms with Crippen LogP contribution in [-0.2, 0) is 7.05 Å². The van der Waals surface area contributed by atoms with Crippen LogP contribution in [0.1, 0.15) is 41.4 Å². The van der Waals surface area contributed by atoms with Gasteiger partial charge in [-0.25, -0.2) is 4.79 Å². The van der Waals surface area contributed by atoms with Gasteiger partial charge in [0.25, 0.3) is 0 Å². The molecule has 0 unspecified atom stereocenters. The molecule has 0 aliphatic rings. The van der Waals surface area contributed by atoms with Crippen LogP contribution in [0.3, 0.4) is 0 Å². The van der Waals surface area contributed by atoms with Crippen molar-refractivity contribution in [1.29, 1.82) is 0 Å². The minimum absolute atomic E-state index is 0.337. The van der Waals surface area contributed by atoms with Crippen molar-refractivity contribution in [3.63, 3.8) is 0 Å². The molecule has 0 atom stereocenters. The van der Waals surface area contributed by atoms with Gasteiger partial charge >= 0.3 is 5.97 Å². The second-order valence-corrected chi connectivity index (χ2v) is 4.82. The number of hydrogen-bond acceptors (Lipinski definition) is 1. The number of rotatable bonds is 2. The zero-order valence-electron chi connectivity index (χ0n) is 10.6. The van der Waals surface area contributed by atoms with E-state index >= 15 is 0 Å². The maximum absolute atomic E-state index is 11.1. The molecule has 0 aliphatic carbocycles. The Balaban J connectivity index is 2.78.